The second-order valence-corrected chi connectivity index (χ2v) is 5.86. The fourth-order valence-electron chi connectivity index (χ4n) is 2.30. The molecule has 0 N–H and O–H groups in total. The molecule has 136 valence electrons. The Labute approximate surface area is 158 Å². The Kier molecular flexibility index (Phi) is 5.89. The van der Waals surface area contributed by atoms with Gasteiger partial charge in [0.15, 0.2) is 0 Å². The molecule has 0 aliphatic heterocycles. The van der Waals surface area contributed by atoms with E-state index in [1.807, 2.05) is 74.5 Å². The SMILES string of the molecule is C/C(=N\Oc1cc(O/N=C(\C)c2ccccc2)nc(C)n1)c1ccccc1. The Morgan fingerprint density at radius 3 is 1.52 bits per heavy atom. The summed E-state index contributed by atoms with van der Waals surface area (Å²) in [5, 5.41) is 8.25. The Bertz CT molecular complexity index is 879. The van der Waals surface area contributed by atoms with Gasteiger partial charge in [0.25, 0.3) is 11.8 Å². The van der Waals surface area contributed by atoms with E-state index in [0.717, 1.165) is 22.6 Å². The lowest BCUT2D eigenvalue weighted by Crippen LogP contribution is -2.02. The average Bonchev–Trinajstić information content (AvgIpc) is 2.71. The second-order valence-electron chi connectivity index (χ2n) is 5.86. The first-order valence-electron chi connectivity index (χ1n) is 8.51. The highest BCUT2D eigenvalue weighted by Gasteiger charge is 2.06. The average molecular weight is 360 g/mol. The fraction of sp³-hybridized carbons (Fsp3) is 0.143. The van der Waals surface area contributed by atoms with Crippen molar-refractivity contribution in [1.29, 1.82) is 0 Å². The normalized spacial score (nSPS) is 12.0. The summed E-state index contributed by atoms with van der Waals surface area (Å²) in [5.41, 5.74) is 3.44. The van der Waals surface area contributed by atoms with Gasteiger partial charge in [-0.3, -0.25) is 0 Å². The van der Waals surface area contributed by atoms with Crippen LogP contribution in [0.5, 0.6) is 11.8 Å². The minimum absolute atomic E-state index is 0.292. The Hall–Kier alpha value is -3.54. The molecule has 0 spiro atoms. The van der Waals surface area contributed by atoms with Crippen LogP contribution in [0.15, 0.2) is 77.0 Å². The van der Waals surface area contributed by atoms with Crippen LogP contribution in [0.4, 0.5) is 0 Å². The Morgan fingerprint density at radius 2 is 1.11 bits per heavy atom. The van der Waals surface area contributed by atoms with E-state index in [1.165, 1.54) is 0 Å². The summed E-state index contributed by atoms with van der Waals surface area (Å²) < 4.78 is 0. The lowest BCUT2D eigenvalue weighted by molar-refractivity contribution is 0.303. The van der Waals surface area contributed by atoms with E-state index in [4.69, 9.17) is 9.68 Å². The highest BCUT2D eigenvalue weighted by Crippen LogP contribution is 2.17. The highest BCUT2D eigenvalue weighted by atomic mass is 16.6. The van der Waals surface area contributed by atoms with E-state index < -0.39 is 0 Å². The molecule has 0 amide bonds. The summed E-state index contributed by atoms with van der Waals surface area (Å²) >= 11 is 0. The van der Waals surface area contributed by atoms with Crippen molar-refractivity contribution >= 4 is 11.4 Å². The molecule has 0 aliphatic carbocycles. The maximum atomic E-state index is 5.44. The van der Waals surface area contributed by atoms with Crippen molar-refractivity contribution in [3.63, 3.8) is 0 Å². The maximum absolute atomic E-state index is 5.44. The standard InChI is InChI=1S/C21H20N4O2/c1-15(18-10-6-4-7-11-18)24-26-20-14-21(23-17(3)22-20)27-25-16(2)19-12-8-5-9-13-19/h4-14H,1-3H3/b24-15+,25-16+. The second kappa shape index (κ2) is 8.71. The van der Waals surface area contributed by atoms with Crippen LogP contribution in [0.1, 0.15) is 30.8 Å². The summed E-state index contributed by atoms with van der Waals surface area (Å²) in [6, 6.07) is 21.1. The van der Waals surface area contributed by atoms with Gasteiger partial charge in [0.1, 0.15) is 5.82 Å². The predicted molar refractivity (Wildman–Crippen MR) is 105 cm³/mol. The van der Waals surface area contributed by atoms with Gasteiger partial charge < -0.3 is 9.68 Å². The monoisotopic (exact) mass is 360 g/mol. The van der Waals surface area contributed by atoms with Gasteiger partial charge in [-0.25, -0.2) is 0 Å². The van der Waals surface area contributed by atoms with Gasteiger partial charge in [-0.15, -0.1) is 0 Å². The predicted octanol–water partition coefficient (Wildman–Crippen LogP) is 4.39. The third kappa shape index (κ3) is 5.22. The van der Waals surface area contributed by atoms with Crippen LogP contribution < -0.4 is 9.68 Å². The lowest BCUT2D eigenvalue weighted by Gasteiger charge is -2.05. The molecule has 0 aliphatic rings. The zero-order valence-electron chi connectivity index (χ0n) is 15.5. The first-order valence-corrected chi connectivity index (χ1v) is 8.51. The van der Waals surface area contributed by atoms with E-state index in [1.54, 1.807) is 13.0 Å². The minimum Gasteiger partial charge on any atom is -0.336 e. The number of benzene rings is 2. The number of rotatable bonds is 6. The van der Waals surface area contributed by atoms with Crippen molar-refractivity contribution in [3.05, 3.63) is 83.7 Å². The summed E-state index contributed by atoms with van der Waals surface area (Å²) in [7, 11) is 0. The molecule has 1 aromatic heterocycles. The van der Waals surface area contributed by atoms with Crippen LogP contribution in [0.2, 0.25) is 0 Å². The van der Waals surface area contributed by atoms with Crippen LogP contribution >= 0.6 is 0 Å². The molecule has 0 fully saturated rings. The first-order chi connectivity index (χ1) is 13.1. The summed E-state index contributed by atoms with van der Waals surface area (Å²) in [4.78, 5) is 19.3. The summed E-state index contributed by atoms with van der Waals surface area (Å²) in [6.45, 7) is 5.49. The van der Waals surface area contributed by atoms with Crippen molar-refractivity contribution in [2.45, 2.75) is 20.8 Å². The molecule has 3 aromatic rings. The van der Waals surface area contributed by atoms with Crippen LogP contribution in [-0.2, 0) is 0 Å². The van der Waals surface area contributed by atoms with Crippen molar-refractivity contribution < 1.29 is 9.68 Å². The molecule has 1 heterocycles. The Morgan fingerprint density at radius 1 is 0.704 bits per heavy atom. The molecule has 2 aromatic carbocycles. The highest BCUT2D eigenvalue weighted by molar-refractivity contribution is 5.98. The van der Waals surface area contributed by atoms with E-state index in [-0.39, 0.29) is 0 Å². The van der Waals surface area contributed by atoms with Crippen molar-refractivity contribution in [2.75, 3.05) is 0 Å². The molecule has 3 rings (SSSR count). The van der Waals surface area contributed by atoms with E-state index >= 15 is 0 Å². The van der Waals surface area contributed by atoms with Crippen LogP contribution in [0, 0.1) is 6.92 Å². The third-order valence-electron chi connectivity index (χ3n) is 3.73. The third-order valence-corrected chi connectivity index (χ3v) is 3.73. The van der Waals surface area contributed by atoms with Gasteiger partial charge in [-0.05, 0) is 31.9 Å². The summed E-state index contributed by atoms with van der Waals surface area (Å²) in [6.07, 6.45) is 0. The molecule has 27 heavy (non-hydrogen) atoms. The molecule has 0 bridgehead atoms. The number of oxime groups is 2. The van der Waals surface area contributed by atoms with E-state index in [9.17, 15) is 0 Å². The number of aromatic nitrogens is 2. The van der Waals surface area contributed by atoms with E-state index in [2.05, 4.69) is 20.3 Å². The first kappa shape index (κ1) is 18.3. The zero-order valence-corrected chi connectivity index (χ0v) is 15.5. The largest absolute Gasteiger partial charge is 0.336 e. The number of hydrogen-bond acceptors (Lipinski definition) is 6. The number of hydrogen-bond donors (Lipinski definition) is 0. The van der Waals surface area contributed by atoms with Gasteiger partial charge in [-0.2, -0.15) is 9.97 Å². The topological polar surface area (TPSA) is 69.0 Å². The molecule has 0 saturated heterocycles. The number of aryl methyl sites for hydroxylation is 1. The van der Waals surface area contributed by atoms with Gasteiger partial charge in [-0.1, -0.05) is 71.0 Å². The van der Waals surface area contributed by atoms with Gasteiger partial charge >= 0.3 is 0 Å². The molecule has 0 saturated carbocycles. The minimum atomic E-state index is 0.292. The fourth-order valence-corrected chi connectivity index (χ4v) is 2.30. The Balaban J connectivity index is 1.73. The molecule has 0 unspecified atom stereocenters. The van der Waals surface area contributed by atoms with Crippen LogP contribution in [0.25, 0.3) is 0 Å². The molecule has 0 atom stereocenters. The quantitative estimate of drug-likeness (QED) is 0.483. The van der Waals surface area contributed by atoms with Gasteiger partial charge in [0.05, 0.1) is 17.5 Å². The lowest BCUT2D eigenvalue weighted by atomic mass is 10.1. The molecular weight excluding hydrogens is 340 g/mol. The molecule has 6 heteroatoms. The molecule has 6 nitrogen and oxygen atoms in total. The van der Waals surface area contributed by atoms with Gasteiger partial charge in [0, 0.05) is 0 Å². The summed E-state index contributed by atoms with van der Waals surface area (Å²) in [5.74, 6) is 1.09. The van der Waals surface area contributed by atoms with Crippen molar-refractivity contribution in [1.82, 2.24) is 9.97 Å². The van der Waals surface area contributed by atoms with Crippen LogP contribution in [-0.4, -0.2) is 21.4 Å². The molecular formula is C21H20N4O2. The smallest absolute Gasteiger partial charge is 0.255 e. The van der Waals surface area contributed by atoms with E-state index in [0.29, 0.717) is 17.6 Å². The zero-order chi connectivity index (χ0) is 19.1. The van der Waals surface area contributed by atoms with Crippen LogP contribution in [0.3, 0.4) is 0 Å². The number of nitrogens with zero attached hydrogens (tertiary/aromatic N) is 4. The van der Waals surface area contributed by atoms with Gasteiger partial charge in [0.2, 0.25) is 0 Å². The van der Waals surface area contributed by atoms with Crippen molar-refractivity contribution in [3.8, 4) is 11.8 Å². The maximum Gasteiger partial charge on any atom is 0.255 e. The molecule has 0 radical (unpaired) electrons. The van der Waals surface area contributed by atoms with Crippen molar-refractivity contribution in [2.24, 2.45) is 10.3 Å².